The highest BCUT2D eigenvalue weighted by atomic mass is 19.1. The smallest absolute Gasteiger partial charge is 0.257 e. The van der Waals surface area contributed by atoms with Crippen LogP contribution in [0.5, 0.6) is 5.75 Å². The van der Waals surface area contributed by atoms with Crippen LogP contribution in [0.15, 0.2) is 78.9 Å². The predicted octanol–water partition coefficient (Wildman–Crippen LogP) is 5.21. The normalized spacial score (nSPS) is 13.8. The number of para-hydroxylation sites is 1. The fourth-order valence-electron chi connectivity index (χ4n) is 5.38. The van der Waals surface area contributed by atoms with Crippen molar-refractivity contribution >= 4 is 22.8 Å². The quantitative estimate of drug-likeness (QED) is 0.289. The monoisotopic (exact) mass is 550 g/mol. The number of amides is 1. The summed E-state index contributed by atoms with van der Waals surface area (Å²) in [7, 11) is 1.58. The van der Waals surface area contributed by atoms with Gasteiger partial charge in [0.15, 0.2) is 5.65 Å². The summed E-state index contributed by atoms with van der Waals surface area (Å²) in [4.78, 5) is 27.6. The molecule has 0 unspecified atom stereocenters. The number of aromatic nitrogens is 4. The van der Waals surface area contributed by atoms with Gasteiger partial charge in [-0.1, -0.05) is 42.5 Å². The van der Waals surface area contributed by atoms with E-state index in [9.17, 15) is 9.18 Å². The number of rotatable bonds is 6. The molecule has 0 atom stereocenters. The van der Waals surface area contributed by atoms with E-state index in [1.54, 1.807) is 30.0 Å². The van der Waals surface area contributed by atoms with Crippen LogP contribution in [0.4, 0.5) is 10.2 Å². The summed E-state index contributed by atoms with van der Waals surface area (Å²) in [6.45, 7) is 4.46. The summed E-state index contributed by atoms with van der Waals surface area (Å²) >= 11 is 0. The molecule has 0 bridgehead atoms. The number of fused-ring (bicyclic) bond motifs is 1. The van der Waals surface area contributed by atoms with Crippen LogP contribution in [0.1, 0.15) is 33.9 Å². The number of hydrogen-bond donors (Lipinski definition) is 0. The zero-order valence-electron chi connectivity index (χ0n) is 23.1. The van der Waals surface area contributed by atoms with E-state index in [-0.39, 0.29) is 11.7 Å². The van der Waals surface area contributed by atoms with E-state index in [2.05, 4.69) is 17.0 Å². The maximum absolute atomic E-state index is 13.7. The van der Waals surface area contributed by atoms with Gasteiger partial charge in [0.05, 0.1) is 29.4 Å². The molecule has 0 N–H and O–H groups in total. The van der Waals surface area contributed by atoms with E-state index in [1.165, 1.54) is 12.1 Å². The number of nitrogens with zero attached hydrogens (tertiary/aromatic N) is 6. The minimum atomic E-state index is -0.307. The molecule has 1 aliphatic heterocycles. The molecule has 1 fully saturated rings. The predicted molar refractivity (Wildman–Crippen MR) is 156 cm³/mol. The summed E-state index contributed by atoms with van der Waals surface area (Å²) in [5.74, 6) is 1.71. The average Bonchev–Trinajstić information content (AvgIpc) is 3.16. The zero-order chi connectivity index (χ0) is 28.3. The first kappa shape index (κ1) is 26.4. The molecule has 1 aliphatic rings. The van der Waals surface area contributed by atoms with E-state index >= 15 is 0 Å². The lowest BCUT2D eigenvalue weighted by atomic mass is 10.1. The number of halogens is 1. The second kappa shape index (κ2) is 11.4. The minimum Gasteiger partial charge on any atom is -0.496 e. The van der Waals surface area contributed by atoms with Gasteiger partial charge in [-0.25, -0.2) is 19.0 Å². The average molecular weight is 551 g/mol. The van der Waals surface area contributed by atoms with E-state index in [1.807, 2.05) is 48.2 Å². The van der Waals surface area contributed by atoms with Crippen molar-refractivity contribution in [1.29, 1.82) is 0 Å². The van der Waals surface area contributed by atoms with Crippen molar-refractivity contribution in [3.63, 3.8) is 0 Å². The molecule has 0 aliphatic carbocycles. The molecule has 9 heteroatoms. The van der Waals surface area contributed by atoms with Crippen LogP contribution in [0.25, 0.3) is 16.7 Å². The van der Waals surface area contributed by atoms with Crippen molar-refractivity contribution < 1.29 is 13.9 Å². The highest BCUT2D eigenvalue weighted by molar-refractivity contribution is 5.97. The summed E-state index contributed by atoms with van der Waals surface area (Å²) in [5, 5.41) is 5.66. The molecule has 0 saturated carbocycles. The largest absolute Gasteiger partial charge is 0.496 e. The molecule has 3 aromatic carbocycles. The molecule has 41 heavy (non-hydrogen) atoms. The van der Waals surface area contributed by atoms with Gasteiger partial charge in [-0.05, 0) is 55.3 Å². The third-order valence-corrected chi connectivity index (χ3v) is 7.43. The Morgan fingerprint density at radius 3 is 2.44 bits per heavy atom. The van der Waals surface area contributed by atoms with Crippen molar-refractivity contribution in [2.45, 2.75) is 19.8 Å². The Labute approximate surface area is 238 Å². The van der Waals surface area contributed by atoms with Crippen LogP contribution in [0.3, 0.4) is 0 Å². The van der Waals surface area contributed by atoms with Gasteiger partial charge in [0.1, 0.15) is 23.2 Å². The number of benzene rings is 3. The number of carbonyl (C=O) groups is 1. The Kier molecular flexibility index (Phi) is 7.33. The topological polar surface area (TPSA) is 76.4 Å². The Bertz CT molecular complexity index is 1690. The molecule has 5 aromatic rings. The summed E-state index contributed by atoms with van der Waals surface area (Å²) in [5.41, 5.74) is 3.86. The molecular weight excluding hydrogens is 519 g/mol. The molecule has 0 radical (unpaired) electrons. The Balaban J connectivity index is 1.38. The molecule has 2 aromatic heterocycles. The summed E-state index contributed by atoms with van der Waals surface area (Å²) in [6, 6.07) is 23.7. The number of hydrogen-bond acceptors (Lipinski definition) is 6. The first-order chi connectivity index (χ1) is 20.0. The Hall–Kier alpha value is -4.79. The van der Waals surface area contributed by atoms with Crippen molar-refractivity contribution in [3.05, 3.63) is 107 Å². The fraction of sp³-hybridized carbons (Fsp3) is 0.250. The van der Waals surface area contributed by atoms with Gasteiger partial charge in [-0.15, -0.1) is 0 Å². The zero-order valence-corrected chi connectivity index (χ0v) is 23.1. The maximum Gasteiger partial charge on any atom is 0.257 e. The van der Waals surface area contributed by atoms with Crippen LogP contribution in [0.2, 0.25) is 0 Å². The molecule has 1 saturated heterocycles. The molecule has 1 amide bonds. The summed E-state index contributed by atoms with van der Waals surface area (Å²) in [6.07, 6.45) is 1.34. The standard InChI is InChI=1S/C32H31FN6O2/c1-22-29-30(37-17-8-18-38(20-19-37)32(40)26-11-6-7-12-27(26)41-2)34-28(21-23-9-4-3-5-10-23)35-31(29)39(36-22)25-15-13-24(33)14-16-25/h3-7,9-16H,8,17-21H2,1-2H3. The van der Waals surface area contributed by atoms with E-state index in [4.69, 9.17) is 19.8 Å². The van der Waals surface area contributed by atoms with Crippen molar-refractivity contribution in [2.24, 2.45) is 0 Å². The number of ether oxygens (including phenoxy) is 1. The van der Waals surface area contributed by atoms with Gasteiger partial charge in [0, 0.05) is 32.6 Å². The molecule has 6 rings (SSSR count). The van der Waals surface area contributed by atoms with E-state index < -0.39 is 0 Å². The second-order valence-electron chi connectivity index (χ2n) is 10.1. The van der Waals surface area contributed by atoms with Crippen molar-refractivity contribution in [3.8, 4) is 11.4 Å². The number of aryl methyl sites for hydroxylation is 1. The lowest BCUT2D eigenvalue weighted by molar-refractivity contribution is 0.0763. The molecule has 8 nitrogen and oxygen atoms in total. The minimum absolute atomic E-state index is 0.0396. The number of methoxy groups -OCH3 is 1. The highest BCUT2D eigenvalue weighted by Gasteiger charge is 2.26. The second-order valence-corrected chi connectivity index (χ2v) is 10.1. The Morgan fingerprint density at radius 1 is 0.902 bits per heavy atom. The molecule has 208 valence electrons. The Morgan fingerprint density at radius 2 is 1.66 bits per heavy atom. The van der Waals surface area contributed by atoms with Crippen LogP contribution in [0, 0.1) is 12.7 Å². The summed E-state index contributed by atoms with van der Waals surface area (Å²) < 4.78 is 20.9. The number of anilines is 1. The fourth-order valence-corrected chi connectivity index (χ4v) is 5.38. The lowest BCUT2D eigenvalue weighted by Gasteiger charge is -2.24. The number of carbonyl (C=O) groups excluding carboxylic acids is 1. The molecule has 3 heterocycles. The third kappa shape index (κ3) is 5.35. The first-order valence-electron chi connectivity index (χ1n) is 13.7. The molecule has 0 spiro atoms. The van der Waals surface area contributed by atoms with Gasteiger partial charge in [0.25, 0.3) is 5.91 Å². The van der Waals surface area contributed by atoms with Crippen LogP contribution in [-0.4, -0.2) is 63.8 Å². The maximum atomic E-state index is 13.7. The van der Waals surface area contributed by atoms with Crippen LogP contribution in [-0.2, 0) is 6.42 Å². The van der Waals surface area contributed by atoms with Crippen molar-refractivity contribution in [2.75, 3.05) is 38.2 Å². The van der Waals surface area contributed by atoms with Crippen molar-refractivity contribution in [1.82, 2.24) is 24.6 Å². The lowest BCUT2D eigenvalue weighted by Crippen LogP contribution is -2.35. The third-order valence-electron chi connectivity index (χ3n) is 7.43. The van der Waals surface area contributed by atoms with E-state index in [0.29, 0.717) is 48.8 Å². The SMILES string of the molecule is COc1ccccc1C(=O)N1CCCN(c2nc(Cc3ccccc3)nc3c2c(C)nn3-c2ccc(F)cc2)CC1. The van der Waals surface area contributed by atoms with Gasteiger partial charge >= 0.3 is 0 Å². The first-order valence-corrected chi connectivity index (χ1v) is 13.7. The molecular formula is C32H31FN6O2. The van der Waals surface area contributed by atoms with Gasteiger partial charge < -0.3 is 14.5 Å². The van der Waals surface area contributed by atoms with Gasteiger partial charge in [-0.3, -0.25) is 4.79 Å². The van der Waals surface area contributed by atoms with Crippen LogP contribution >= 0.6 is 0 Å². The van der Waals surface area contributed by atoms with Gasteiger partial charge in [0.2, 0.25) is 0 Å². The highest BCUT2D eigenvalue weighted by Crippen LogP contribution is 2.31. The van der Waals surface area contributed by atoms with E-state index in [0.717, 1.165) is 41.1 Å². The van der Waals surface area contributed by atoms with Gasteiger partial charge in [-0.2, -0.15) is 5.10 Å². The van der Waals surface area contributed by atoms with Crippen LogP contribution < -0.4 is 9.64 Å².